The fraction of sp³-hybridized carbons (Fsp3) is 0.111. The predicted octanol–water partition coefficient (Wildman–Crippen LogP) is 3.88. The monoisotopic (exact) mass is 377 g/mol. The van der Waals surface area contributed by atoms with Crippen molar-refractivity contribution in [3.05, 3.63) is 58.1 Å². The zero-order valence-corrected chi connectivity index (χ0v) is 14.9. The summed E-state index contributed by atoms with van der Waals surface area (Å²) in [6, 6.07) is 11.4. The van der Waals surface area contributed by atoms with Gasteiger partial charge in [-0.2, -0.15) is 0 Å². The molecule has 0 aliphatic carbocycles. The van der Waals surface area contributed by atoms with Gasteiger partial charge in [0.2, 0.25) is 0 Å². The van der Waals surface area contributed by atoms with Gasteiger partial charge in [0.05, 0.1) is 30.5 Å². The summed E-state index contributed by atoms with van der Waals surface area (Å²) in [6.07, 6.45) is 0. The minimum atomic E-state index is -0.598. The van der Waals surface area contributed by atoms with Crippen molar-refractivity contribution in [1.29, 1.82) is 0 Å². The average Bonchev–Trinajstić information content (AvgIpc) is 2.84. The lowest BCUT2D eigenvalue weighted by molar-refractivity contribution is -0.119. The normalized spacial score (nSPS) is 14.3. The Hall–Kier alpha value is -2.50. The van der Waals surface area contributed by atoms with E-state index >= 15 is 0 Å². The zero-order valence-electron chi connectivity index (χ0n) is 13.4. The number of carbonyl (C=O) groups excluding carboxylic acids is 2. The van der Waals surface area contributed by atoms with Crippen LogP contribution in [0.2, 0.25) is 5.02 Å². The minimum absolute atomic E-state index is 0.137. The van der Waals surface area contributed by atoms with Crippen LogP contribution in [-0.4, -0.2) is 26.0 Å². The highest BCUT2D eigenvalue weighted by Gasteiger charge is 2.39. The van der Waals surface area contributed by atoms with Crippen molar-refractivity contribution in [2.75, 3.05) is 19.1 Å². The number of anilines is 1. The van der Waals surface area contributed by atoms with Gasteiger partial charge in [0, 0.05) is 0 Å². The molecule has 0 saturated carbocycles. The van der Waals surface area contributed by atoms with E-state index < -0.39 is 11.8 Å². The average molecular weight is 378 g/mol. The number of halogens is 2. The summed E-state index contributed by atoms with van der Waals surface area (Å²) in [5, 5.41) is 0.150. The third-order valence-corrected chi connectivity index (χ3v) is 4.45. The molecule has 1 heterocycles. The van der Waals surface area contributed by atoms with Crippen LogP contribution >= 0.6 is 23.2 Å². The molecule has 0 atom stereocenters. The fourth-order valence-corrected chi connectivity index (χ4v) is 3.07. The Kier molecular flexibility index (Phi) is 4.70. The second-order valence-corrected chi connectivity index (χ2v) is 5.97. The molecule has 0 unspecified atom stereocenters. The molecule has 0 radical (unpaired) electrons. The van der Waals surface area contributed by atoms with Gasteiger partial charge in [-0.3, -0.25) is 9.59 Å². The van der Waals surface area contributed by atoms with Crippen molar-refractivity contribution in [3.8, 4) is 11.5 Å². The summed E-state index contributed by atoms with van der Waals surface area (Å²) in [5.74, 6) is -0.0323. The maximum Gasteiger partial charge on any atom is 0.277 e. The Bertz CT molecular complexity index is 890. The number of hydrogen-bond donors (Lipinski definition) is 0. The second-order valence-electron chi connectivity index (χ2n) is 5.18. The van der Waals surface area contributed by atoms with Gasteiger partial charge in [-0.15, -0.1) is 0 Å². The maximum atomic E-state index is 12.8. The lowest BCUT2D eigenvalue weighted by atomic mass is 10.1. The van der Waals surface area contributed by atoms with Crippen LogP contribution in [0.25, 0.3) is 5.57 Å². The molecule has 1 aliphatic rings. The van der Waals surface area contributed by atoms with E-state index in [4.69, 9.17) is 32.7 Å². The SMILES string of the molecule is COc1ccc(C2=C(Cl)C(=O)N(c3ccc(OC)c(Cl)c3)C2=O)cc1. The Balaban J connectivity index is 1.99. The van der Waals surface area contributed by atoms with Crippen LogP contribution < -0.4 is 14.4 Å². The van der Waals surface area contributed by atoms with Crippen LogP contribution in [0.1, 0.15) is 5.56 Å². The van der Waals surface area contributed by atoms with Gasteiger partial charge in [-0.05, 0) is 35.9 Å². The molecular formula is C18H13Cl2NO4. The van der Waals surface area contributed by atoms with Gasteiger partial charge in [-0.25, -0.2) is 4.90 Å². The molecule has 0 fully saturated rings. The molecule has 128 valence electrons. The number of carbonyl (C=O) groups is 2. The lowest BCUT2D eigenvalue weighted by Crippen LogP contribution is -2.31. The molecule has 2 aromatic carbocycles. The summed E-state index contributed by atoms with van der Waals surface area (Å²) in [7, 11) is 3.02. The smallest absolute Gasteiger partial charge is 0.277 e. The number of benzene rings is 2. The second kappa shape index (κ2) is 6.78. The Morgan fingerprint density at radius 2 is 1.56 bits per heavy atom. The van der Waals surface area contributed by atoms with Gasteiger partial charge in [0.15, 0.2) is 0 Å². The molecule has 5 nitrogen and oxygen atoms in total. The standard InChI is InChI=1S/C18H13Cl2NO4/c1-24-12-6-3-10(4-7-12)15-16(20)18(23)21(17(15)22)11-5-8-14(25-2)13(19)9-11/h3-9H,1-2H3. The molecule has 2 aromatic rings. The fourth-order valence-electron chi connectivity index (χ4n) is 2.54. The first-order valence-corrected chi connectivity index (χ1v) is 8.00. The number of rotatable bonds is 4. The van der Waals surface area contributed by atoms with E-state index in [0.29, 0.717) is 22.7 Å². The molecular weight excluding hydrogens is 365 g/mol. The Morgan fingerprint density at radius 3 is 2.12 bits per heavy atom. The van der Waals surface area contributed by atoms with Crippen molar-refractivity contribution >= 4 is 46.3 Å². The quantitative estimate of drug-likeness (QED) is 0.758. The number of methoxy groups -OCH3 is 2. The van der Waals surface area contributed by atoms with Crippen molar-refractivity contribution < 1.29 is 19.1 Å². The van der Waals surface area contributed by atoms with Crippen molar-refractivity contribution in [2.24, 2.45) is 0 Å². The molecule has 0 N–H and O–H groups in total. The van der Waals surface area contributed by atoms with Gasteiger partial charge in [0.1, 0.15) is 16.5 Å². The lowest BCUT2D eigenvalue weighted by Gasteiger charge is -2.16. The van der Waals surface area contributed by atoms with Gasteiger partial charge in [0.25, 0.3) is 11.8 Å². The third-order valence-electron chi connectivity index (χ3n) is 3.80. The van der Waals surface area contributed by atoms with E-state index in [0.717, 1.165) is 4.90 Å². The van der Waals surface area contributed by atoms with E-state index in [-0.39, 0.29) is 15.6 Å². The van der Waals surface area contributed by atoms with Crippen LogP contribution in [-0.2, 0) is 9.59 Å². The van der Waals surface area contributed by atoms with Crippen LogP contribution in [0.5, 0.6) is 11.5 Å². The van der Waals surface area contributed by atoms with Crippen LogP contribution in [0.15, 0.2) is 47.5 Å². The Morgan fingerprint density at radius 1 is 0.880 bits per heavy atom. The first-order chi connectivity index (χ1) is 12.0. The van der Waals surface area contributed by atoms with Crippen LogP contribution in [0.3, 0.4) is 0 Å². The van der Waals surface area contributed by atoms with E-state index in [1.807, 2.05) is 0 Å². The van der Waals surface area contributed by atoms with Crippen molar-refractivity contribution in [2.45, 2.75) is 0 Å². The molecule has 7 heteroatoms. The first-order valence-electron chi connectivity index (χ1n) is 7.24. The molecule has 0 bridgehead atoms. The zero-order chi connectivity index (χ0) is 18.1. The van der Waals surface area contributed by atoms with Crippen molar-refractivity contribution in [1.82, 2.24) is 0 Å². The van der Waals surface area contributed by atoms with Gasteiger partial charge >= 0.3 is 0 Å². The maximum absolute atomic E-state index is 12.8. The molecule has 0 spiro atoms. The van der Waals surface area contributed by atoms with Gasteiger partial charge in [-0.1, -0.05) is 35.3 Å². The summed E-state index contributed by atoms with van der Waals surface area (Å²) in [6.45, 7) is 0. The summed E-state index contributed by atoms with van der Waals surface area (Å²) in [4.78, 5) is 26.3. The Labute approximate surface area is 154 Å². The summed E-state index contributed by atoms with van der Waals surface area (Å²) in [5.41, 5.74) is 0.995. The summed E-state index contributed by atoms with van der Waals surface area (Å²) >= 11 is 12.2. The molecule has 2 amide bonds. The van der Waals surface area contributed by atoms with Crippen LogP contribution in [0.4, 0.5) is 5.69 Å². The molecule has 0 saturated heterocycles. The number of amides is 2. The first kappa shape index (κ1) is 17.3. The largest absolute Gasteiger partial charge is 0.497 e. The minimum Gasteiger partial charge on any atom is -0.497 e. The van der Waals surface area contributed by atoms with Gasteiger partial charge < -0.3 is 9.47 Å². The van der Waals surface area contributed by atoms with Crippen molar-refractivity contribution in [3.63, 3.8) is 0 Å². The van der Waals surface area contributed by atoms with E-state index in [1.54, 1.807) is 43.5 Å². The number of nitrogens with zero attached hydrogens (tertiary/aromatic N) is 1. The molecule has 3 rings (SSSR count). The topological polar surface area (TPSA) is 55.8 Å². The molecule has 1 aliphatic heterocycles. The van der Waals surface area contributed by atoms with E-state index in [1.165, 1.54) is 13.2 Å². The highest BCUT2D eigenvalue weighted by Crippen LogP contribution is 2.37. The number of imide groups is 1. The highest BCUT2D eigenvalue weighted by atomic mass is 35.5. The third kappa shape index (κ3) is 2.97. The van der Waals surface area contributed by atoms with Crippen LogP contribution in [0, 0.1) is 0 Å². The number of hydrogen-bond acceptors (Lipinski definition) is 4. The predicted molar refractivity (Wildman–Crippen MR) is 96.3 cm³/mol. The summed E-state index contributed by atoms with van der Waals surface area (Å²) < 4.78 is 10.2. The highest BCUT2D eigenvalue weighted by molar-refractivity contribution is 6.60. The van der Waals surface area contributed by atoms with E-state index in [2.05, 4.69) is 0 Å². The number of ether oxygens (including phenoxy) is 2. The van der Waals surface area contributed by atoms with E-state index in [9.17, 15) is 9.59 Å². The molecule has 0 aromatic heterocycles. The molecule has 25 heavy (non-hydrogen) atoms.